The second kappa shape index (κ2) is 10.9. The Morgan fingerprint density at radius 2 is 1.86 bits per heavy atom. The number of rotatable bonds is 5. The molecule has 22 heavy (non-hydrogen) atoms. The van der Waals surface area contributed by atoms with Crippen LogP contribution in [0.5, 0.6) is 0 Å². The molecule has 1 saturated heterocycles. The molecule has 1 aliphatic rings. The second-order valence-electron chi connectivity index (χ2n) is 5.21. The van der Waals surface area contributed by atoms with Crippen LogP contribution in [0.15, 0.2) is 29.2 Å². The molecular weight excluding hydrogens is 316 g/mol. The summed E-state index contributed by atoms with van der Waals surface area (Å²) in [6, 6.07) is 8.65. The number of halogens is 1. The number of hydrogen-bond donors (Lipinski definition) is 1. The molecule has 2 rings (SSSR count). The van der Waals surface area contributed by atoms with E-state index in [9.17, 15) is 4.79 Å². The quantitative estimate of drug-likeness (QED) is 0.646. The van der Waals surface area contributed by atoms with Crippen LogP contribution in [-0.2, 0) is 4.79 Å². The Bertz CT molecular complexity index is 431. The largest absolute Gasteiger partial charge is 0.355 e. The number of aryl methyl sites for hydroxylation is 1. The van der Waals surface area contributed by atoms with Gasteiger partial charge in [0.05, 0.1) is 0 Å². The molecule has 0 aliphatic carbocycles. The third-order valence-electron chi connectivity index (χ3n) is 3.54. The molecule has 1 fully saturated rings. The van der Waals surface area contributed by atoms with Gasteiger partial charge in [0.15, 0.2) is 0 Å². The van der Waals surface area contributed by atoms with Gasteiger partial charge in [-0.2, -0.15) is 0 Å². The number of carbonyl (C=O) groups excluding carboxylic acids is 1. The van der Waals surface area contributed by atoms with E-state index in [0.29, 0.717) is 5.92 Å². The maximum absolute atomic E-state index is 11.1. The van der Waals surface area contributed by atoms with E-state index in [0.717, 1.165) is 32.5 Å². The summed E-state index contributed by atoms with van der Waals surface area (Å²) in [6.45, 7) is 9.00. The topological polar surface area (TPSA) is 32.3 Å². The summed E-state index contributed by atoms with van der Waals surface area (Å²) in [5.41, 5.74) is 1.29. The van der Waals surface area contributed by atoms with Gasteiger partial charge >= 0.3 is 0 Å². The standard InChI is InChI=1S/C15H21ClN2OS.C2H6/c1-12-2-4-14(5-3-12)20-18-8-6-13(7-9-18)11-17-15(19)10-16;1-2/h2-5,13H,6-11H2,1H3,(H,17,19);1-2H3. The Morgan fingerprint density at radius 3 is 2.41 bits per heavy atom. The fourth-order valence-corrected chi connectivity index (χ4v) is 3.30. The van der Waals surface area contributed by atoms with E-state index >= 15 is 0 Å². The molecule has 1 aliphatic heterocycles. The molecule has 5 heteroatoms. The van der Waals surface area contributed by atoms with Gasteiger partial charge in [-0.3, -0.25) is 4.79 Å². The van der Waals surface area contributed by atoms with E-state index in [1.54, 1.807) is 0 Å². The summed E-state index contributed by atoms with van der Waals surface area (Å²) >= 11 is 7.30. The van der Waals surface area contributed by atoms with Crippen LogP contribution in [0.3, 0.4) is 0 Å². The predicted octanol–water partition coefficient (Wildman–Crippen LogP) is 4.10. The zero-order valence-electron chi connectivity index (χ0n) is 13.8. The second-order valence-corrected chi connectivity index (χ2v) is 6.65. The van der Waals surface area contributed by atoms with Gasteiger partial charge in [0, 0.05) is 24.5 Å². The van der Waals surface area contributed by atoms with Crippen molar-refractivity contribution in [2.45, 2.75) is 38.5 Å². The first-order valence-electron chi connectivity index (χ1n) is 7.99. The first-order chi connectivity index (χ1) is 10.7. The van der Waals surface area contributed by atoms with Crippen molar-refractivity contribution in [3.63, 3.8) is 0 Å². The van der Waals surface area contributed by atoms with E-state index in [1.165, 1.54) is 10.5 Å². The molecule has 0 aromatic heterocycles. The highest BCUT2D eigenvalue weighted by Crippen LogP contribution is 2.28. The third-order valence-corrected chi connectivity index (χ3v) is 4.89. The van der Waals surface area contributed by atoms with Gasteiger partial charge in [0.2, 0.25) is 5.91 Å². The number of nitrogens with zero attached hydrogens (tertiary/aromatic N) is 1. The Labute approximate surface area is 143 Å². The first kappa shape index (κ1) is 19.3. The summed E-state index contributed by atoms with van der Waals surface area (Å²) in [5.74, 6) is 0.572. The highest BCUT2D eigenvalue weighted by Gasteiger charge is 2.20. The first-order valence-corrected chi connectivity index (χ1v) is 9.30. The molecule has 0 saturated carbocycles. The Balaban J connectivity index is 0.00000116. The molecule has 124 valence electrons. The summed E-state index contributed by atoms with van der Waals surface area (Å²) in [7, 11) is 0. The number of hydrogen-bond acceptors (Lipinski definition) is 3. The molecule has 0 bridgehead atoms. The van der Waals surface area contributed by atoms with Gasteiger partial charge in [-0.15, -0.1) is 11.6 Å². The Kier molecular flexibility index (Phi) is 9.60. The fraction of sp³-hybridized carbons (Fsp3) is 0.588. The van der Waals surface area contributed by atoms with Crippen LogP contribution in [0.2, 0.25) is 0 Å². The van der Waals surface area contributed by atoms with Gasteiger partial charge in [0.1, 0.15) is 5.88 Å². The zero-order chi connectivity index (χ0) is 16.4. The smallest absolute Gasteiger partial charge is 0.234 e. The Hall–Kier alpha value is -0.710. The van der Waals surface area contributed by atoms with Crippen LogP contribution in [0.1, 0.15) is 32.3 Å². The lowest BCUT2D eigenvalue weighted by molar-refractivity contribution is -0.118. The van der Waals surface area contributed by atoms with E-state index in [2.05, 4.69) is 40.8 Å². The molecule has 0 unspecified atom stereocenters. The lowest BCUT2D eigenvalue weighted by atomic mass is 9.98. The van der Waals surface area contributed by atoms with Crippen molar-refractivity contribution in [2.24, 2.45) is 5.92 Å². The molecular formula is C17H27ClN2OS. The number of amides is 1. The number of carbonyl (C=O) groups is 1. The van der Waals surface area contributed by atoms with Gasteiger partial charge < -0.3 is 5.32 Å². The van der Waals surface area contributed by atoms with E-state index in [1.807, 2.05) is 25.8 Å². The minimum atomic E-state index is -0.0665. The predicted molar refractivity (Wildman–Crippen MR) is 96.4 cm³/mol. The Morgan fingerprint density at radius 1 is 1.27 bits per heavy atom. The average molecular weight is 343 g/mol. The van der Waals surface area contributed by atoms with Gasteiger partial charge in [-0.1, -0.05) is 31.5 Å². The number of piperidine rings is 1. The van der Waals surface area contributed by atoms with Crippen molar-refractivity contribution < 1.29 is 4.79 Å². The molecule has 3 nitrogen and oxygen atoms in total. The minimum Gasteiger partial charge on any atom is -0.355 e. The van der Waals surface area contributed by atoms with Crippen LogP contribution in [0.4, 0.5) is 0 Å². The minimum absolute atomic E-state index is 0.0577. The van der Waals surface area contributed by atoms with E-state index in [4.69, 9.17) is 11.6 Å². The average Bonchev–Trinajstić information content (AvgIpc) is 2.58. The lowest BCUT2D eigenvalue weighted by Gasteiger charge is -2.31. The summed E-state index contributed by atoms with van der Waals surface area (Å²) < 4.78 is 2.41. The number of benzene rings is 1. The third kappa shape index (κ3) is 7.03. The molecule has 1 aromatic carbocycles. The lowest BCUT2D eigenvalue weighted by Crippen LogP contribution is -2.36. The van der Waals surface area contributed by atoms with Gasteiger partial charge in [0.25, 0.3) is 0 Å². The van der Waals surface area contributed by atoms with Crippen molar-refractivity contribution >= 4 is 29.5 Å². The summed E-state index contributed by atoms with van der Waals surface area (Å²) in [5, 5.41) is 2.88. The van der Waals surface area contributed by atoms with Crippen molar-refractivity contribution in [3.05, 3.63) is 29.8 Å². The summed E-state index contributed by atoms with van der Waals surface area (Å²) in [6.07, 6.45) is 2.25. The maximum atomic E-state index is 11.1. The van der Waals surface area contributed by atoms with Crippen LogP contribution in [0.25, 0.3) is 0 Å². The van der Waals surface area contributed by atoms with Gasteiger partial charge in [-0.25, -0.2) is 4.31 Å². The van der Waals surface area contributed by atoms with Crippen molar-refractivity contribution in [1.82, 2.24) is 9.62 Å². The molecule has 0 radical (unpaired) electrons. The SMILES string of the molecule is CC.Cc1ccc(SN2CCC(CNC(=O)CCl)CC2)cc1. The molecule has 1 heterocycles. The molecule has 0 atom stereocenters. The number of alkyl halides is 1. The zero-order valence-corrected chi connectivity index (χ0v) is 15.3. The molecule has 0 spiro atoms. The van der Waals surface area contributed by atoms with Gasteiger partial charge in [-0.05, 0) is 49.8 Å². The fourth-order valence-electron chi connectivity index (χ4n) is 2.26. The van der Waals surface area contributed by atoms with Crippen LogP contribution in [-0.4, -0.2) is 35.7 Å². The highest BCUT2D eigenvalue weighted by atomic mass is 35.5. The van der Waals surface area contributed by atoms with E-state index in [-0.39, 0.29) is 11.8 Å². The molecule has 1 N–H and O–H groups in total. The highest BCUT2D eigenvalue weighted by molar-refractivity contribution is 7.97. The van der Waals surface area contributed by atoms with Crippen LogP contribution >= 0.6 is 23.5 Å². The van der Waals surface area contributed by atoms with Crippen molar-refractivity contribution in [2.75, 3.05) is 25.5 Å². The normalized spacial score (nSPS) is 15.8. The summed E-state index contributed by atoms with van der Waals surface area (Å²) in [4.78, 5) is 12.4. The monoisotopic (exact) mass is 342 g/mol. The maximum Gasteiger partial charge on any atom is 0.234 e. The van der Waals surface area contributed by atoms with Crippen molar-refractivity contribution in [1.29, 1.82) is 0 Å². The molecule has 1 aromatic rings. The molecule has 1 amide bonds. The van der Waals surface area contributed by atoms with Crippen LogP contribution < -0.4 is 5.32 Å². The van der Waals surface area contributed by atoms with Crippen LogP contribution in [0, 0.1) is 12.8 Å². The van der Waals surface area contributed by atoms with E-state index < -0.39 is 0 Å². The number of nitrogens with one attached hydrogen (secondary N) is 1. The van der Waals surface area contributed by atoms with Crippen molar-refractivity contribution in [3.8, 4) is 0 Å².